The summed E-state index contributed by atoms with van der Waals surface area (Å²) in [6, 6.07) is 5.88. The van der Waals surface area contributed by atoms with Gasteiger partial charge in [-0.3, -0.25) is 4.79 Å². The number of hydrogen-bond donors (Lipinski definition) is 1. The number of hydrogen-bond acceptors (Lipinski definition) is 5. The number of carbonyl (C=O) groups is 1. The van der Waals surface area contributed by atoms with Crippen LogP contribution in [0.15, 0.2) is 23.4 Å². The van der Waals surface area contributed by atoms with E-state index in [-0.39, 0.29) is 5.75 Å². The number of thioether (sulfide) groups is 1. The molecule has 0 aliphatic carbocycles. The van der Waals surface area contributed by atoms with Gasteiger partial charge in [-0.05, 0) is 23.8 Å². The van der Waals surface area contributed by atoms with Crippen LogP contribution in [0.25, 0.3) is 11.4 Å². The molecule has 0 saturated heterocycles. The van der Waals surface area contributed by atoms with Crippen LogP contribution in [0.2, 0.25) is 0 Å². The summed E-state index contributed by atoms with van der Waals surface area (Å²) < 4.78 is 7.07. The fourth-order valence-electron chi connectivity index (χ4n) is 2.07. The van der Waals surface area contributed by atoms with Gasteiger partial charge in [-0.2, -0.15) is 5.10 Å². The predicted molar refractivity (Wildman–Crippen MR) is 74.0 cm³/mol. The van der Waals surface area contributed by atoms with Crippen LogP contribution in [0.5, 0.6) is 5.75 Å². The predicted octanol–water partition coefficient (Wildman–Crippen LogP) is 1.59. The van der Waals surface area contributed by atoms with Gasteiger partial charge in [-0.1, -0.05) is 11.8 Å². The molecule has 1 aromatic carbocycles. The van der Waals surface area contributed by atoms with Crippen LogP contribution in [0.3, 0.4) is 0 Å². The Hall–Kier alpha value is -2.02. The number of aryl methyl sites for hydroxylation is 1. The third-order valence-corrected chi connectivity index (χ3v) is 4.00. The number of nitrogens with zero attached hydrogens (tertiary/aromatic N) is 3. The third kappa shape index (κ3) is 2.49. The number of aliphatic carboxylic acids is 1. The molecule has 1 aliphatic rings. The molecule has 1 aliphatic heterocycles. The van der Waals surface area contributed by atoms with Crippen molar-refractivity contribution in [2.24, 2.45) is 7.05 Å². The summed E-state index contributed by atoms with van der Waals surface area (Å²) in [6.45, 7) is 0.716. The number of ether oxygens (including phenoxy) is 1. The van der Waals surface area contributed by atoms with Crippen molar-refractivity contribution in [1.82, 2.24) is 14.8 Å². The van der Waals surface area contributed by atoms with E-state index < -0.39 is 5.97 Å². The van der Waals surface area contributed by atoms with E-state index in [1.54, 1.807) is 11.7 Å². The minimum atomic E-state index is -0.866. The van der Waals surface area contributed by atoms with Crippen molar-refractivity contribution in [3.05, 3.63) is 23.8 Å². The molecule has 0 spiro atoms. The van der Waals surface area contributed by atoms with E-state index in [1.165, 1.54) is 0 Å². The molecule has 104 valence electrons. The quantitative estimate of drug-likeness (QED) is 0.862. The Morgan fingerprint density at radius 1 is 1.55 bits per heavy atom. The largest absolute Gasteiger partial charge is 0.493 e. The first-order valence-electron chi connectivity index (χ1n) is 6.15. The van der Waals surface area contributed by atoms with Crippen molar-refractivity contribution in [2.45, 2.75) is 11.6 Å². The molecular formula is C13H13N3O3S. The lowest BCUT2D eigenvalue weighted by Gasteiger charge is -2.00. The lowest BCUT2D eigenvalue weighted by Crippen LogP contribution is -2.00. The van der Waals surface area contributed by atoms with Crippen LogP contribution in [-0.2, 0) is 18.3 Å². The number of fused-ring (bicyclic) bond motifs is 1. The Morgan fingerprint density at radius 2 is 2.40 bits per heavy atom. The van der Waals surface area contributed by atoms with Crippen LogP contribution in [0, 0.1) is 0 Å². The van der Waals surface area contributed by atoms with Crippen molar-refractivity contribution in [3.63, 3.8) is 0 Å². The highest BCUT2D eigenvalue weighted by Crippen LogP contribution is 2.30. The molecule has 3 rings (SSSR count). The average Bonchev–Trinajstić information content (AvgIpc) is 3.01. The zero-order valence-corrected chi connectivity index (χ0v) is 11.7. The molecule has 7 heteroatoms. The number of carboxylic acids is 1. The first-order chi connectivity index (χ1) is 9.63. The summed E-state index contributed by atoms with van der Waals surface area (Å²) in [6.07, 6.45) is 0.899. The van der Waals surface area contributed by atoms with Gasteiger partial charge in [0.2, 0.25) is 0 Å². The monoisotopic (exact) mass is 291 g/mol. The van der Waals surface area contributed by atoms with E-state index in [4.69, 9.17) is 9.84 Å². The number of aromatic nitrogens is 3. The molecule has 1 N–H and O–H groups in total. The van der Waals surface area contributed by atoms with Crippen molar-refractivity contribution < 1.29 is 14.6 Å². The molecule has 2 heterocycles. The molecule has 0 amide bonds. The summed E-state index contributed by atoms with van der Waals surface area (Å²) in [7, 11) is 1.76. The molecular weight excluding hydrogens is 278 g/mol. The Bertz CT molecular complexity index is 669. The topological polar surface area (TPSA) is 77.2 Å². The Balaban J connectivity index is 1.87. The second kappa shape index (κ2) is 5.16. The second-order valence-electron chi connectivity index (χ2n) is 4.44. The Labute approximate surface area is 119 Å². The highest BCUT2D eigenvalue weighted by atomic mass is 32.2. The fraction of sp³-hybridized carbons (Fsp3) is 0.308. The minimum absolute atomic E-state index is 0.0238. The molecule has 1 aromatic heterocycles. The van der Waals surface area contributed by atoms with E-state index in [2.05, 4.69) is 10.1 Å². The van der Waals surface area contributed by atoms with Crippen molar-refractivity contribution >= 4 is 17.7 Å². The van der Waals surface area contributed by atoms with Gasteiger partial charge in [0.1, 0.15) is 5.75 Å². The molecule has 2 aromatic rings. The first kappa shape index (κ1) is 13.0. The van der Waals surface area contributed by atoms with E-state index >= 15 is 0 Å². The van der Waals surface area contributed by atoms with Gasteiger partial charge in [0, 0.05) is 19.0 Å². The van der Waals surface area contributed by atoms with E-state index in [9.17, 15) is 4.79 Å². The second-order valence-corrected chi connectivity index (χ2v) is 5.39. The van der Waals surface area contributed by atoms with Crippen LogP contribution >= 0.6 is 11.8 Å². The Morgan fingerprint density at radius 3 is 3.20 bits per heavy atom. The van der Waals surface area contributed by atoms with Crippen molar-refractivity contribution in [1.29, 1.82) is 0 Å². The van der Waals surface area contributed by atoms with E-state index in [0.29, 0.717) is 17.6 Å². The molecule has 0 fully saturated rings. The van der Waals surface area contributed by atoms with Crippen LogP contribution in [0.1, 0.15) is 5.56 Å². The molecule has 20 heavy (non-hydrogen) atoms. The summed E-state index contributed by atoms with van der Waals surface area (Å²) in [4.78, 5) is 15.0. The number of rotatable bonds is 4. The number of carboxylic acid groups (broad SMARTS) is 1. The van der Waals surface area contributed by atoms with Crippen LogP contribution in [0.4, 0.5) is 0 Å². The van der Waals surface area contributed by atoms with Gasteiger partial charge in [-0.15, -0.1) is 0 Å². The first-order valence-corrected chi connectivity index (χ1v) is 7.14. The molecule has 0 saturated carbocycles. The summed E-state index contributed by atoms with van der Waals surface area (Å²) in [5, 5.41) is 13.6. The maximum Gasteiger partial charge on any atom is 0.313 e. The minimum Gasteiger partial charge on any atom is -0.493 e. The molecule has 0 bridgehead atoms. The molecule has 0 radical (unpaired) electrons. The van der Waals surface area contributed by atoms with Crippen molar-refractivity contribution in [2.75, 3.05) is 12.4 Å². The Kier molecular flexibility index (Phi) is 3.35. The van der Waals surface area contributed by atoms with Gasteiger partial charge in [0.05, 0.1) is 12.4 Å². The fourth-order valence-corrected chi connectivity index (χ4v) is 2.70. The summed E-state index contributed by atoms with van der Waals surface area (Å²) >= 11 is 1.16. The van der Waals surface area contributed by atoms with Gasteiger partial charge in [0.25, 0.3) is 0 Å². The zero-order valence-electron chi connectivity index (χ0n) is 10.9. The van der Waals surface area contributed by atoms with E-state index in [0.717, 1.165) is 35.1 Å². The zero-order chi connectivity index (χ0) is 14.1. The van der Waals surface area contributed by atoms with Crippen LogP contribution in [-0.4, -0.2) is 38.2 Å². The SMILES string of the molecule is Cn1nc(-c2ccc3c(c2)CCO3)nc1SCC(=O)O. The highest BCUT2D eigenvalue weighted by Gasteiger charge is 2.16. The lowest BCUT2D eigenvalue weighted by atomic mass is 10.1. The van der Waals surface area contributed by atoms with Gasteiger partial charge < -0.3 is 9.84 Å². The third-order valence-electron chi connectivity index (χ3n) is 3.00. The van der Waals surface area contributed by atoms with E-state index in [1.807, 2.05) is 18.2 Å². The normalized spacial score (nSPS) is 13.1. The molecule has 0 atom stereocenters. The maximum absolute atomic E-state index is 10.6. The maximum atomic E-state index is 10.6. The van der Waals surface area contributed by atoms with Gasteiger partial charge in [-0.25, -0.2) is 9.67 Å². The summed E-state index contributed by atoms with van der Waals surface area (Å²) in [5.41, 5.74) is 2.08. The standard InChI is InChI=1S/C13H13N3O3S/c1-16-13(20-7-11(17)18)14-12(15-16)9-2-3-10-8(6-9)4-5-19-10/h2-3,6H,4-5,7H2,1H3,(H,17,18). The average molecular weight is 291 g/mol. The van der Waals surface area contributed by atoms with Crippen LogP contribution < -0.4 is 4.74 Å². The lowest BCUT2D eigenvalue weighted by molar-refractivity contribution is -0.133. The van der Waals surface area contributed by atoms with Crippen molar-refractivity contribution in [3.8, 4) is 17.1 Å². The highest BCUT2D eigenvalue weighted by molar-refractivity contribution is 7.99. The summed E-state index contributed by atoms with van der Waals surface area (Å²) in [5.74, 6) is 0.638. The van der Waals surface area contributed by atoms with Gasteiger partial charge in [0.15, 0.2) is 11.0 Å². The number of benzene rings is 1. The van der Waals surface area contributed by atoms with Gasteiger partial charge >= 0.3 is 5.97 Å². The smallest absolute Gasteiger partial charge is 0.313 e. The molecule has 6 nitrogen and oxygen atoms in total. The molecule has 0 unspecified atom stereocenters.